The topological polar surface area (TPSA) is 60.2 Å². The molecule has 4 heteroatoms. The van der Waals surface area contributed by atoms with Crippen molar-refractivity contribution in [2.75, 3.05) is 0 Å². The summed E-state index contributed by atoms with van der Waals surface area (Å²) in [5.41, 5.74) is 5.42. The van der Waals surface area contributed by atoms with Gasteiger partial charge in [-0.2, -0.15) is 0 Å². The van der Waals surface area contributed by atoms with Crippen LogP contribution in [0.15, 0.2) is 17.5 Å². The smallest absolute Gasteiger partial charge is 0.225 e. The van der Waals surface area contributed by atoms with Crippen molar-refractivity contribution >= 4 is 28.8 Å². The van der Waals surface area contributed by atoms with Crippen LogP contribution in [0.4, 0.5) is 0 Å². The second-order valence-corrected chi connectivity index (χ2v) is 3.56. The molecule has 0 bridgehead atoms. The summed E-state index contributed by atoms with van der Waals surface area (Å²) in [5.74, 6) is 0.681. The van der Waals surface area contributed by atoms with Crippen molar-refractivity contribution in [1.82, 2.24) is 0 Å². The summed E-state index contributed by atoms with van der Waals surface area (Å²) in [6.45, 7) is 1.60. The fraction of sp³-hybridized carbons (Fsp3) is 0.222. The average Bonchev–Trinajstić information content (AvgIpc) is 2.58. The largest absolute Gasteiger partial charge is 0.369 e. The highest BCUT2D eigenvalue weighted by molar-refractivity contribution is 7.11. The summed E-state index contributed by atoms with van der Waals surface area (Å²) >= 11 is 1.39. The SMILES string of the molecule is CC(C(N)=O)C(=C=O)c1cccs1. The van der Waals surface area contributed by atoms with Crippen LogP contribution in [0.25, 0.3) is 5.57 Å². The van der Waals surface area contributed by atoms with E-state index in [9.17, 15) is 9.59 Å². The van der Waals surface area contributed by atoms with Crippen molar-refractivity contribution in [1.29, 1.82) is 0 Å². The highest BCUT2D eigenvalue weighted by atomic mass is 32.1. The van der Waals surface area contributed by atoms with E-state index in [0.29, 0.717) is 5.57 Å². The van der Waals surface area contributed by atoms with Gasteiger partial charge in [-0.25, -0.2) is 4.79 Å². The number of rotatable bonds is 3. The van der Waals surface area contributed by atoms with Crippen LogP contribution in [-0.4, -0.2) is 11.8 Å². The zero-order chi connectivity index (χ0) is 9.84. The summed E-state index contributed by atoms with van der Waals surface area (Å²) in [4.78, 5) is 22.2. The highest BCUT2D eigenvalue weighted by Crippen LogP contribution is 2.24. The van der Waals surface area contributed by atoms with E-state index in [1.807, 2.05) is 11.4 Å². The molecule has 0 spiro atoms. The molecule has 1 atom stereocenters. The van der Waals surface area contributed by atoms with Gasteiger partial charge in [0.15, 0.2) is 0 Å². The summed E-state index contributed by atoms with van der Waals surface area (Å²) in [6.07, 6.45) is 0. The molecule has 0 fully saturated rings. The lowest BCUT2D eigenvalue weighted by Gasteiger charge is -2.05. The Hall–Kier alpha value is -1.38. The Labute approximate surface area is 79.9 Å². The predicted molar refractivity (Wildman–Crippen MR) is 51.8 cm³/mol. The maximum atomic E-state index is 10.8. The fourth-order valence-corrected chi connectivity index (χ4v) is 1.73. The average molecular weight is 195 g/mol. The molecular weight excluding hydrogens is 186 g/mol. The number of thiophene rings is 1. The van der Waals surface area contributed by atoms with Crippen molar-refractivity contribution in [2.45, 2.75) is 6.92 Å². The van der Waals surface area contributed by atoms with Crippen LogP contribution in [-0.2, 0) is 9.59 Å². The molecular formula is C9H9NO2S. The molecule has 13 heavy (non-hydrogen) atoms. The third kappa shape index (κ3) is 2.05. The lowest BCUT2D eigenvalue weighted by Crippen LogP contribution is -2.21. The molecule has 0 saturated carbocycles. The van der Waals surface area contributed by atoms with E-state index < -0.39 is 11.8 Å². The molecule has 0 aliphatic carbocycles. The Morgan fingerprint density at radius 1 is 1.69 bits per heavy atom. The molecule has 1 rings (SSSR count). The van der Waals surface area contributed by atoms with Crippen LogP contribution in [0.1, 0.15) is 11.8 Å². The van der Waals surface area contributed by atoms with Gasteiger partial charge in [-0.05, 0) is 18.4 Å². The minimum atomic E-state index is -0.573. The standard InChI is InChI=1S/C9H9NO2S/c1-6(9(10)12)7(5-11)8-3-2-4-13-8/h2-4,6H,1H3,(H2,10,12). The number of hydrogen-bond donors (Lipinski definition) is 1. The number of primary amides is 1. The zero-order valence-electron chi connectivity index (χ0n) is 7.11. The highest BCUT2D eigenvalue weighted by Gasteiger charge is 2.18. The summed E-state index contributed by atoms with van der Waals surface area (Å²) in [7, 11) is 0. The fourth-order valence-electron chi connectivity index (χ4n) is 0.926. The monoisotopic (exact) mass is 195 g/mol. The first-order valence-electron chi connectivity index (χ1n) is 3.75. The van der Waals surface area contributed by atoms with Gasteiger partial charge in [0, 0.05) is 4.88 Å². The van der Waals surface area contributed by atoms with Crippen LogP contribution < -0.4 is 5.73 Å². The Morgan fingerprint density at radius 2 is 2.38 bits per heavy atom. The molecule has 0 radical (unpaired) electrons. The number of hydrogen-bond acceptors (Lipinski definition) is 3. The van der Waals surface area contributed by atoms with Crippen LogP contribution in [0, 0.1) is 5.92 Å². The quantitative estimate of drug-likeness (QED) is 0.734. The molecule has 1 aromatic heterocycles. The van der Waals surface area contributed by atoms with E-state index >= 15 is 0 Å². The lowest BCUT2D eigenvalue weighted by atomic mass is 10.0. The first-order chi connectivity index (χ1) is 6.16. The van der Waals surface area contributed by atoms with Crippen LogP contribution >= 0.6 is 11.3 Å². The van der Waals surface area contributed by atoms with Gasteiger partial charge >= 0.3 is 0 Å². The molecule has 1 heterocycles. The Bertz CT molecular complexity index is 350. The maximum Gasteiger partial charge on any atom is 0.225 e. The van der Waals surface area contributed by atoms with Crippen LogP contribution in [0.2, 0.25) is 0 Å². The van der Waals surface area contributed by atoms with Crippen molar-refractivity contribution in [3.63, 3.8) is 0 Å². The minimum Gasteiger partial charge on any atom is -0.369 e. The molecule has 1 unspecified atom stereocenters. The normalized spacial score (nSPS) is 11.8. The van der Waals surface area contributed by atoms with Crippen LogP contribution in [0.3, 0.4) is 0 Å². The maximum absolute atomic E-state index is 10.8. The second kappa shape index (κ2) is 4.03. The Balaban J connectivity index is 3.01. The predicted octanol–water partition coefficient (Wildman–Crippen LogP) is 1.08. The van der Waals surface area contributed by atoms with Gasteiger partial charge in [0.25, 0.3) is 0 Å². The summed E-state index contributed by atoms with van der Waals surface area (Å²) in [5, 5.41) is 1.83. The molecule has 3 nitrogen and oxygen atoms in total. The number of amides is 1. The molecule has 0 aliphatic rings. The minimum absolute atomic E-state index is 0.336. The molecule has 0 aliphatic heterocycles. The number of nitrogens with two attached hydrogens (primary N) is 1. The summed E-state index contributed by atoms with van der Waals surface area (Å²) < 4.78 is 0. The van der Waals surface area contributed by atoms with Crippen molar-refractivity contribution in [3.05, 3.63) is 22.4 Å². The third-order valence-electron chi connectivity index (χ3n) is 1.76. The van der Waals surface area contributed by atoms with Crippen LogP contribution in [0.5, 0.6) is 0 Å². The Morgan fingerprint density at radius 3 is 2.77 bits per heavy atom. The molecule has 1 aromatic rings. The van der Waals surface area contributed by atoms with Gasteiger partial charge in [0.1, 0.15) is 5.94 Å². The first kappa shape index (κ1) is 9.71. The van der Waals surface area contributed by atoms with E-state index in [1.54, 1.807) is 18.9 Å². The molecule has 1 amide bonds. The van der Waals surface area contributed by atoms with Gasteiger partial charge in [0.05, 0.1) is 11.5 Å². The van der Waals surface area contributed by atoms with Gasteiger partial charge in [-0.1, -0.05) is 6.07 Å². The van der Waals surface area contributed by atoms with E-state index in [2.05, 4.69) is 0 Å². The van der Waals surface area contributed by atoms with Crippen molar-refractivity contribution in [2.24, 2.45) is 11.7 Å². The lowest BCUT2D eigenvalue weighted by molar-refractivity contribution is -0.119. The first-order valence-corrected chi connectivity index (χ1v) is 4.63. The molecule has 68 valence electrons. The second-order valence-electron chi connectivity index (χ2n) is 2.62. The third-order valence-corrected chi connectivity index (χ3v) is 2.66. The number of carbonyl (C=O) groups excluding carboxylic acids is 2. The Kier molecular flexibility index (Phi) is 3.01. The van der Waals surface area contributed by atoms with E-state index in [1.165, 1.54) is 11.3 Å². The van der Waals surface area contributed by atoms with Gasteiger partial charge in [0.2, 0.25) is 5.91 Å². The summed E-state index contributed by atoms with van der Waals surface area (Å²) in [6, 6.07) is 3.58. The number of carbonyl (C=O) groups is 1. The molecule has 0 aromatic carbocycles. The van der Waals surface area contributed by atoms with Gasteiger partial charge in [-0.3, -0.25) is 4.79 Å². The van der Waals surface area contributed by atoms with E-state index in [-0.39, 0.29) is 0 Å². The van der Waals surface area contributed by atoms with Gasteiger partial charge < -0.3 is 5.73 Å². The van der Waals surface area contributed by atoms with Crippen molar-refractivity contribution < 1.29 is 9.59 Å². The van der Waals surface area contributed by atoms with Crippen molar-refractivity contribution in [3.8, 4) is 0 Å². The van der Waals surface area contributed by atoms with E-state index in [0.717, 1.165) is 4.88 Å². The zero-order valence-corrected chi connectivity index (χ0v) is 7.93. The molecule has 2 N–H and O–H groups in total. The van der Waals surface area contributed by atoms with E-state index in [4.69, 9.17) is 5.73 Å². The van der Waals surface area contributed by atoms with Gasteiger partial charge in [-0.15, -0.1) is 11.3 Å². The molecule has 0 saturated heterocycles.